The predicted molar refractivity (Wildman–Crippen MR) is 72.1 cm³/mol. The van der Waals surface area contributed by atoms with Gasteiger partial charge in [-0.3, -0.25) is 4.90 Å². The summed E-state index contributed by atoms with van der Waals surface area (Å²) in [6.45, 7) is 8.53. The third-order valence-electron chi connectivity index (χ3n) is 2.17. The molecule has 0 aliphatic carbocycles. The van der Waals surface area contributed by atoms with Crippen LogP contribution in [0.3, 0.4) is 0 Å². The van der Waals surface area contributed by atoms with Gasteiger partial charge in [0.1, 0.15) is 23.4 Å². The second kappa shape index (κ2) is 5.58. The first-order valence-corrected chi connectivity index (χ1v) is 6.39. The molecule has 1 fully saturated rings. The molecule has 20 heavy (non-hydrogen) atoms. The minimum atomic E-state index is -3.15. The molecule has 1 aliphatic rings. The Labute approximate surface area is 123 Å². The molecule has 2 atom stereocenters. The van der Waals surface area contributed by atoms with E-state index in [-0.39, 0.29) is 0 Å². The van der Waals surface area contributed by atoms with Gasteiger partial charge in [0.25, 0.3) is 0 Å². The van der Waals surface area contributed by atoms with Gasteiger partial charge in [-0.25, -0.2) is 14.0 Å². The first-order valence-electron chi connectivity index (χ1n) is 7.89. The van der Waals surface area contributed by atoms with Crippen molar-refractivity contribution in [2.24, 2.45) is 0 Å². The van der Waals surface area contributed by atoms with Gasteiger partial charge in [-0.1, -0.05) is 0 Å². The fourth-order valence-corrected chi connectivity index (χ4v) is 1.55. The van der Waals surface area contributed by atoms with Gasteiger partial charge in [0.15, 0.2) is 0 Å². The summed E-state index contributed by atoms with van der Waals surface area (Å²) in [5, 5.41) is 0. The lowest BCUT2D eigenvalue weighted by Gasteiger charge is -2.29. The zero-order valence-corrected chi connectivity index (χ0v) is 12.7. The molecule has 1 amide bonds. The third-order valence-corrected chi connectivity index (χ3v) is 2.17. The molecular formula is C14H24FNO4. The first kappa shape index (κ1) is 12.4. The highest BCUT2D eigenvalue weighted by molar-refractivity contribution is 5.82. The zero-order chi connectivity index (χ0) is 18.4. The molecule has 0 spiro atoms. The molecule has 6 heteroatoms. The average molecular weight is 292 g/mol. The van der Waals surface area contributed by atoms with Crippen molar-refractivity contribution in [2.75, 3.05) is 6.54 Å². The number of hydrogen-bond acceptors (Lipinski definition) is 4. The highest BCUT2D eigenvalue weighted by Gasteiger charge is 2.43. The number of nitrogens with zero attached hydrogens (tertiary/aromatic N) is 1. The summed E-state index contributed by atoms with van der Waals surface area (Å²) in [6.07, 6.45) is -7.14. The normalized spacial score (nSPS) is 32.0. The van der Waals surface area contributed by atoms with Crippen molar-refractivity contribution in [2.45, 2.75) is 71.3 Å². The van der Waals surface area contributed by atoms with Crippen molar-refractivity contribution >= 4 is 12.1 Å². The number of carbonyl (C=O) groups is 2. The van der Waals surface area contributed by atoms with Gasteiger partial charge in [-0.05, 0) is 41.5 Å². The molecule has 1 heterocycles. The Hall–Kier alpha value is -1.33. The van der Waals surface area contributed by atoms with Crippen molar-refractivity contribution < 1.29 is 27.6 Å². The Bertz CT molecular complexity index is 497. The molecule has 1 aliphatic heterocycles. The van der Waals surface area contributed by atoms with E-state index in [9.17, 15) is 14.0 Å². The fourth-order valence-electron chi connectivity index (χ4n) is 1.55. The van der Waals surface area contributed by atoms with Crippen LogP contribution in [0.2, 0.25) is 0 Å². The molecule has 0 aromatic rings. The van der Waals surface area contributed by atoms with Gasteiger partial charge in [0.05, 0.1) is 7.92 Å². The minimum absolute atomic E-state index is 0.590. The number of esters is 1. The minimum Gasteiger partial charge on any atom is -0.458 e. The maximum Gasteiger partial charge on any atom is 0.411 e. The number of rotatable bonds is 1. The number of ether oxygens (including phenoxy) is 2. The molecule has 1 rings (SSSR count). The zero-order valence-electron chi connectivity index (χ0n) is 15.7. The van der Waals surface area contributed by atoms with Crippen LogP contribution in [0.15, 0.2) is 0 Å². The standard InChI is InChI=1S/C14H24FNO4/c1-13(2,3)19-11(17)10-7-9(15)8-16(10)12(18)20-14(4,5)6/h9-10H,7-8H2,1-6H3/t9?,10-/m0/s1/i7D2,9D. The second-order valence-corrected chi connectivity index (χ2v) is 6.59. The Morgan fingerprint density at radius 1 is 1.20 bits per heavy atom. The number of carbonyl (C=O) groups excluding carboxylic acids is 2. The maximum absolute atomic E-state index is 14.3. The molecule has 0 bridgehead atoms. The van der Waals surface area contributed by atoms with Crippen molar-refractivity contribution in [1.29, 1.82) is 0 Å². The van der Waals surface area contributed by atoms with E-state index in [0.717, 1.165) is 0 Å². The second-order valence-electron chi connectivity index (χ2n) is 6.59. The average Bonchev–Trinajstić information content (AvgIpc) is 2.40. The molecule has 0 aromatic carbocycles. The monoisotopic (exact) mass is 292 g/mol. The predicted octanol–water partition coefficient (Wildman–Crippen LogP) is 2.68. The van der Waals surface area contributed by atoms with E-state index < -0.39 is 48.4 Å². The maximum atomic E-state index is 14.3. The summed E-state index contributed by atoms with van der Waals surface area (Å²) in [7, 11) is 0. The van der Waals surface area contributed by atoms with E-state index in [1.54, 1.807) is 41.5 Å². The van der Waals surface area contributed by atoms with Crippen molar-refractivity contribution in [3.05, 3.63) is 0 Å². The molecule has 0 radical (unpaired) electrons. The highest BCUT2D eigenvalue weighted by Crippen LogP contribution is 2.25. The number of hydrogen-bond donors (Lipinski definition) is 0. The fraction of sp³-hybridized carbons (Fsp3) is 0.857. The van der Waals surface area contributed by atoms with E-state index in [1.165, 1.54) is 0 Å². The van der Waals surface area contributed by atoms with E-state index in [0.29, 0.717) is 4.90 Å². The molecule has 116 valence electrons. The van der Waals surface area contributed by atoms with Crippen LogP contribution < -0.4 is 0 Å². The molecule has 1 saturated heterocycles. The number of alkyl halides is 1. The summed E-state index contributed by atoms with van der Waals surface area (Å²) in [4.78, 5) is 25.1. The van der Waals surface area contributed by atoms with Gasteiger partial charge in [-0.15, -0.1) is 0 Å². The molecular weight excluding hydrogens is 265 g/mol. The molecule has 5 nitrogen and oxygen atoms in total. The smallest absolute Gasteiger partial charge is 0.411 e. The van der Waals surface area contributed by atoms with Crippen LogP contribution in [-0.4, -0.2) is 46.9 Å². The highest BCUT2D eigenvalue weighted by atomic mass is 19.1. The van der Waals surface area contributed by atoms with Gasteiger partial charge < -0.3 is 9.47 Å². The van der Waals surface area contributed by atoms with Crippen molar-refractivity contribution in [1.82, 2.24) is 4.90 Å². The van der Waals surface area contributed by atoms with Crippen LogP contribution in [0.5, 0.6) is 0 Å². The SMILES string of the molecule is [2H]C1(F)CN(C(=O)OC(C)(C)C)[C@H](C(=O)OC(C)(C)C)C1([2H])[2H]. The van der Waals surface area contributed by atoms with E-state index in [4.69, 9.17) is 13.6 Å². The van der Waals surface area contributed by atoms with E-state index >= 15 is 0 Å². The summed E-state index contributed by atoms with van der Waals surface area (Å²) >= 11 is 0. The Morgan fingerprint density at radius 2 is 1.70 bits per heavy atom. The lowest BCUT2D eigenvalue weighted by Crippen LogP contribution is -2.45. The van der Waals surface area contributed by atoms with Crippen molar-refractivity contribution in [3.8, 4) is 0 Å². The van der Waals surface area contributed by atoms with Gasteiger partial charge >= 0.3 is 12.1 Å². The van der Waals surface area contributed by atoms with Crippen LogP contribution in [0.4, 0.5) is 9.18 Å². The first-order chi connectivity index (χ1) is 9.98. The van der Waals surface area contributed by atoms with E-state index in [1.807, 2.05) is 0 Å². The van der Waals surface area contributed by atoms with Gasteiger partial charge in [-0.2, -0.15) is 0 Å². The largest absolute Gasteiger partial charge is 0.458 e. The quantitative estimate of drug-likeness (QED) is 0.697. The Balaban J connectivity index is 3.17. The van der Waals surface area contributed by atoms with Gasteiger partial charge in [0, 0.05) is 9.11 Å². The lowest BCUT2D eigenvalue weighted by molar-refractivity contribution is -0.160. The lowest BCUT2D eigenvalue weighted by atomic mass is 10.1. The Kier molecular flexibility index (Phi) is 3.46. The van der Waals surface area contributed by atoms with Crippen LogP contribution in [0.25, 0.3) is 0 Å². The summed E-state index contributed by atoms with van der Waals surface area (Å²) in [5.74, 6) is -1.11. The third kappa shape index (κ3) is 4.98. The number of likely N-dealkylation sites (tertiary alicyclic amines) is 1. The van der Waals surface area contributed by atoms with Crippen LogP contribution in [0, 0.1) is 0 Å². The summed E-state index contributed by atoms with van der Waals surface area (Å²) in [6, 6.07) is -1.89. The van der Waals surface area contributed by atoms with Crippen LogP contribution in [0.1, 0.15) is 52.0 Å². The molecule has 0 saturated carbocycles. The van der Waals surface area contributed by atoms with Crippen LogP contribution >= 0.6 is 0 Å². The van der Waals surface area contributed by atoms with Crippen LogP contribution in [-0.2, 0) is 14.3 Å². The summed E-state index contributed by atoms with van der Waals surface area (Å²) in [5.41, 5.74) is -1.86. The summed E-state index contributed by atoms with van der Waals surface area (Å²) < 4.78 is 47.6. The Morgan fingerprint density at radius 3 is 2.15 bits per heavy atom. The van der Waals surface area contributed by atoms with E-state index in [2.05, 4.69) is 0 Å². The molecule has 0 aromatic heterocycles. The van der Waals surface area contributed by atoms with Gasteiger partial charge in [0.2, 0.25) is 0 Å². The van der Waals surface area contributed by atoms with Crippen molar-refractivity contribution in [3.63, 3.8) is 0 Å². The topological polar surface area (TPSA) is 55.8 Å². The number of amides is 1. The molecule has 1 unspecified atom stereocenters. The number of halogens is 1. The molecule has 0 N–H and O–H groups in total.